The number of rotatable bonds is 4. The molecular formula is C36H35NO3S2. The molecule has 0 N–H and O–H groups in total. The number of hydrogen-bond donors (Lipinski definition) is 0. The van der Waals surface area contributed by atoms with Crippen LogP contribution in [0.3, 0.4) is 0 Å². The molecule has 3 heterocycles. The lowest BCUT2D eigenvalue weighted by Crippen LogP contribution is -2.27. The Balaban J connectivity index is 0.000000151. The number of likely N-dealkylation sites (tertiary alicyclic amines) is 1. The Morgan fingerprint density at radius 2 is 1.62 bits per heavy atom. The lowest BCUT2D eigenvalue weighted by Gasteiger charge is -2.27. The fourth-order valence-corrected chi connectivity index (χ4v) is 7.55. The summed E-state index contributed by atoms with van der Waals surface area (Å²) in [5.74, 6) is 1.09. The van der Waals surface area contributed by atoms with Crippen LogP contribution in [0.15, 0.2) is 87.9 Å². The third-order valence-electron chi connectivity index (χ3n) is 8.15. The Kier molecular flexibility index (Phi) is 8.66. The van der Waals surface area contributed by atoms with Crippen molar-refractivity contribution in [3.05, 3.63) is 115 Å². The highest BCUT2D eigenvalue weighted by Crippen LogP contribution is 2.40. The van der Waals surface area contributed by atoms with Gasteiger partial charge in [-0.2, -0.15) is 0 Å². The van der Waals surface area contributed by atoms with Gasteiger partial charge in [0.05, 0.1) is 16.2 Å². The predicted molar refractivity (Wildman–Crippen MR) is 178 cm³/mol. The number of thiophene rings is 2. The van der Waals surface area contributed by atoms with Gasteiger partial charge in [-0.15, -0.1) is 22.7 Å². The molecule has 3 aromatic carbocycles. The largest absolute Gasteiger partial charge is 0.492 e. The van der Waals surface area contributed by atoms with E-state index in [4.69, 9.17) is 4.74 Å². The minimum absolute atomic E-state index is 0.0854. The highest BCUT2D eigenvalue weighted by atomic mass is 32.1. The number of Topliss-reactive ketones (excluding diaryl/α,β-unsaturated/α-hetero) is 1. The zero-order chi connectivity index (χ0) is 29.1. The Hall–Kier alpha value is -3.58. The number of ketones is 1. The summed E-state index contributed by atoms with van der Waals surface area (Å²) in [5, 5.41) is 6.45. The van der Waals surface area contributed by atoms with Crippen molar-refractivity contribution in [3.8, 4) is 5.75 Å². The summed E-state index contributed by atoms with van der Waals surface area (Å²) in [7, 11) is 2.18. The molecule has 4 nitrogen and oxygen atoms in total. The maximum absolute atomic E-state index is 12.6. The standard InChI is InChI=1S/C19H19NOS.C17H16O2S/c1-20-9-6-13(7-10-20)18-15-5-3-2-4-14(15)12-17(21)19-16(18)8-11-22-19;1-2-3-9-19-15-11-12-6-4-5-7-13(12)16(18)14-8-10-20-17(14)15/h2-5,8,11H,6-7,9-10,12H2,1H3;4-8,10-11H,2-3,9H2,1H3. The molecule has 2 aliphatic rings. The molecule has 1 fully saturated rings. The second-order valence-corrected chi connectivity index (χ2v) is 12.8. The fourth-order valence-electron chi connectivity index (χ4n) is 5.85. The van der Waals surface area contributed by atoms with Crippen LogP contribution >= 0.6 is 22.7 Å². The molecular weight excluding hydrogens is 559 g/mol. The summed E-state index contributed by atoms with van der Waals surface area (Å²) in [6.07, 6.45) is 4.85. The van der Waals surface area contributed by atoms with Crippen molar-refractivity contribution in [2.24, 2.45) is 0 Å². The smallest absolute Gasteiger partial charge is 0.195 e. The molecule has 0 amide bonds. The van der Waals surface area contributed by atoms with Crippen LogP contribution in [0.4, 0.5) is 0 Å². The van der Waals surface area contributed by atoms with E-state index in [1.54, 1.807) is 22.7 Å². The van der Waals surface area contributed by atoms with E-state index in [9.17, 15) is 9.59 Å². The van der Waals surface area contributed by atoms with E-state index in [0.717, 1.165) is 70.3 Å². The molecule has 1 saturated heterocycles. The highest BCUT2D eigenvalue weighted by molar-refractivity contribution is 7.17. The van der Waals surface area contributed by atoms with Crippen molar-refractivity contribution < 1.29 is 9.53 Å². The predicted octanol–water partition coefficient (Wildman–Crippen LogP) is 8.61. The van der Waals surface area contributed by atoms with Gasteiger partial charge in [0.2, 0.25) is 0 Å². The molecule has 1 aliphatic carbocycles. The summed E-state index contributed by atoms with van der Waals surface area (Å²) in [5.41, 5.74) is 6.55. The maximum Gasteiger partial charge on any atom is 0.195 e. The van der Waals surface area contributed by atoms with E-state index in [2.05, 4.69) is 48.5 Å². The first-order chi connectivity index (χ1) is 20.5. The van der Waals surface area contributed by atoms with Crippen LogP contribution < -0.4 is 10.2 Å². The van der Waals surface area contributed by atoms with Crippen molar-refractivity contribution in [3.63, 3.8) is 0 Å². The van der Waals surface area contributed by atoms with Crippen molar-refractivity contribution in [1.29, 1.82) is 0 Å². The van der Waals surface area contributed by atoms with Gasteiger partial charge in [0.1, 0.15) is 5.75 Å². The average Bonchev–Trinajstić information content (AvgIpc) is 3.66. The van der Waals surface area contributed by atoms with E-state index in [1.807, 2.05) is 47.8 Å². The van der Waals surface area contributed by atoms with Gasteiger partial charge in [-0.1, -0.05) is 67.4 Å². The first-order valence-corrected chi connectivity index (χ1v) is 16.5. The summed E-state index contributed by atoms with van der Waals surface area (Å²) in [6, 6.07) is 22.2. The van der Waals surface area contributed by atoms with Gasteiger partial charge in [-0.3, -0.25) is 9.59 Å². The number of piperidine rings is 1. The quantitative estimate of drug-likeness (QED) is 0.196. The summed E-state index contributed by atoms with van der Waals surface area (Å²) in [6.45, 7) is 5.04. The first-order valence-electron chi connectivity index (χ1n) is 14.7. The minimum Gasteiger partial charge on any atom is -0.492 e. The molecule has 5 aromatic rings. The number of carbonyl (C=O) groups is 1. The summed E-state index contributed by atoms with van der Waals surface area (Å²) < 4.78 is 6.86. The normalized spacial score (nSPS) is 15.1. The van der Waals surface area contributed by atoms with E-state index in [1.165, 1.54) is 27.8 Å². The van der Waals surface area contributed by atoms with Crippen molar-refractivity contribution in [1.82, 2.24) is 4.90 Å². The third-order valence-corrected chi connectivity index (χ3v) is 10.0. The van der Waals surface area contributed by atoms with Crippen LogP contribution in [0, 0.1) is 0 Å². The Bertz CT molecular complexity index is 1840. The van der Waals surface area contributed by atoms with Crippen LogP contribution in [0.5, 0.6) is 5.75 Å². The van der Waals surface area contributed by atoms with Gasteiger partial charge >= 0.3 is 0 Å². The molecule has 0 unspecified atom stereocenters. The van der Waals surface area contributed by atoms with E-state index >= 15 is 0 Å². The van der Waals surface area contributed by atoms with Crippen LogP contribution in [0.25, 0.3) is 26.4 Å². The Labute approximate surface area is 254 Å². The average molecular weight is 594 g/mol. The van der Waals surface area contributed by atoms with Gasteiger partial charge in [-0.05, 0) is 77.4 Å². The van der Waals surface area contributed by atoms with Crippen molar-refractivity contribution in [2.45, 2.75) is 39.0 Å². The van der Waals surface area contributed by atoms with E-state index in [0.29, 0.717) is 13.0 Å². The molecule has 0 atom stereocenters. The number of hydrogen-bond acceptors (Lipinski definition) is 6. The third kappa shape index (κ3) is 5.71. The van der Waals surface area contributed by atoms with Crippen LogP contribution in [-0.4, -0.2) is 37.4 Å². The Morgan fingerprint density at radius 3 is 2.45 bits per heavy atom. The molecule has 1 aliphatic heterocycles. The molecule has 2 aromatic heterocycles. The number of benzene rings is 2. The zero-order valence-corrected chi connectivity index (χ0v) is 25.8. The molecule has 6 heteroatoms. The Morgan fingerprint density at radius 1 is 0.857 bits per heavy atom. The molecule has 7 rings (SSSR count). The van der Waals surface area contributed by atoms with Gasteiger partial charge in [0.15, 0.2) is 11.2 Å². The topological polar surface area (TPSA) is 46.6 Å². The SMILES string of the molecule is CCCCOc1cc2ccccc2c(=O)c2ccsc12.CN1CCC(=C2c3ccccc3CC(=O)c3sccc32)CC1. The summed E-state index contributed by atoms with van der Waals surface area (Å²) in [4.78, 5) is 28.5. The monoisotopic (exact) mass is 593 g/mol. The van der Waals surface area contributed by atoms with Crippen molar-refractivity contribution >= 4 is 54.9 Å². The molecule has 0 radical (unpaired) electrons. The van der Waals surface area contributed by atoms with Crippen molar-refractivity contribution in [2.75, 3.05) is 26.7 Å². The second-order valence-electron chi connectivity index (χ2n) is 11.0. The van der Waals surface area contributed by atoms with Crippen LogP contribution in [0.2, 0.25) is 0 Å². The van der Waals surface area contributed by atoms with Gasteiger partial charge in [0, 0.05) is 35.8 Å². The summed E-state index contributed by atoms with van der Waals surface area (Å²) >= 11 is 3.16. The molecule has 42 heavy (non-hydrogen) atoms. The number of carbonyl (C=O) groups excluding carboxylic acids is 1. The number of nitrogens with zero attached hydrogens (tertiary/aromatic N) is 1. The van der Waals surface area contributed by atoms with Gasteiger partial charge in [-0.25, -0.2) is 0 Å². The lowest BCUT2D eigenvalue weighted by atomic mass is 9.88. The number of ether oxygens (including phenoxy) is 1. The van der Waals surface area contributed by atoms with Crippen LogP contribution in [0.1, 0.15) is 59.0 Å². The molecule has 0 saturated carbocycles. The van der Waals surface area contributed by atoms with E-state index in [-0.39, 0.29) is 11.2 Å². The highest BCUT2D eigenvalue weighted by Gasteiger charge is 2.27. The molecule has 0 spiro atoms. The number of fused-ring (bicyclic) bond motifs is 4. The maximum atomic E-state index is 12.6. The lowest BCUT2D eigenvalue weighted by molar-refractivity contribution is 0.0997. The van der Waals surface area contributed by atoms with E-state index < -0.39 is 0 Å². The fraction of sp³-hybridized carbons (Fsp3) is 0.278. The number of unbranched alkanes of at least 4 members (excludes halogenated alkanes) is 1. The van der Waals surface area contributed by atoms with Gasteiger partial charge in [0.25, 0.3) is 0 Å². The zero-order valence-electron chi connectivity index (χ0n) is 24.2. The second kappa shape index (κ2) is 12.7. The molecule has 0 bridgehead atoms. The minimum atomic E-state index is 0.0854. The van der Waals surface area contributed by atoms with Gasteiger partial charge < -0.3 is 9.64 Å². The molecule has 214 valence electrons. The first kappa shape index (κ1) is 28.5. The van der Waals surface area contributed by atoms with Crippen LogP contribution in [-0.2, 0) is 6.42 Å².